The van der Waals surface area contributed by atoms with Crippen LogP contribution in [0.15, 0.2) is 59.7 Å². The zero-order valence-corrected chi connectivity index (χ0v) is 12.4. The topological polar surface area (TPSA) is 19.0 Å². The van der Waals surface area contributed by atoms with Crippen molar-refractivity contribution < 1.29 is 4.65 Å². The van der Waals surface area contributed by atoms with Gasteiger partial charge >= 0.3 is 7.05 Å². The monoisotopic (exact) mass is 289 g/mol. The van der Waals surface area contributed by atoms with Gasteiger partial charge in [-0.1, -0.05) is 24.3 Å². The molecule has 2 unspecified atom stereocenters. The molecule has 1 aromatic rings. The molecule has 1 saturated heterocycles. The van der Waals surface area contributed by atoms with E-state index in [1.807, 2.05) is 0 Å². The van der Waals surface area contributed by atoms with Crippen LogP contribution in [-0.4, -0.2) is 30.1 Å². The highest BCUT2D eigenvalue weighted by molar-refractivity contribution is 6.63. The summed E-state index contributed by atoms with van der Waals surface area (Å²) in [7, 11) is 2.28. The lowest BCUT2D eigenvalue weighted by Crippen LogP contribution is -2.53. The number of nitrogens with zero attached hydrogens (tertiary/aromatic N) is 3. The van der Waals surface area contributed by atoms with Crippen molar-refractivity contribution in [3.8, 4) is 5.75 Å². The minimum atomic E-state index is 0.0973. The number of para-hydroxylation sites is 2. The van der Waals surface area contributed by atoms with Crippen molar-refractivity contribution >= 4 is 12.7 Å². The van der Waals surface area contributed by atoms with E-state index >= 15 is 0 Å². The molecule has 108 valence electrons. The first-order chi connectivity index (χ1) is 10.8. The molecular weight excluding hydrogens is 273 g/mol. The Hall–Kier alpha value is -2.30. The van der Waals surface area contributed by atoms with Gasteiger partial charge in [-0.2, -0.15) is 0 Å². The molecule has 5 aliphatic rings. The van der Waals surface area contributed by atoms with Crippen molar-refractivity contribution in [2.45, 2.75) is 24.8 Å². The van der Waals surface area contributed by atoms with E-state index in [0.717, 1.165) is 18.6 Å². The molecule has 2 atom stereocenters. The van der Waals surface area contributed by atoms with Gasteiger partial charge in [-0.25, -0.2) is 0 Å². The summed E-state index contributed by atoms with van der Waals surface area (Å²) in [5, 5.41) is 0. The maximum absolute atomic E-state index is 6.36. The Balaban J connectivity index is 1.60. The Bertz CT molecular complexity index is 799. The fourth-order valence-electron chi connectivity index (χ4n) is 4.70. The third kappa shape index (κ3) is 1.11. The molecule has 4 nitrogen and oxygen atoms in total. The second kappa shape index (κ2) is 3.54. The normalized spacial score (nSPS) is 29.6. The summed E-state index contributed by atoms with van der Waals surface area (Å²) < 4.78 is 6.36. The predicted octanol–water partition coefficient (Wildman–Crippen LogP) is 2.75. The van der Waals surface area contributed by atoms with E-state index in [0.29, 0.717) is 12.0 Å². The Morgan fingerprint density at radius 2 is 2.18 bits per heavy atom. The minimum absolute atomic E-state index is 0.0973. The van der Waals surface area contributed by atoms with E-state index in [1.165, 1.54) is 22.8 Å². The lowest BCUT2D eigenvalue weighted by Gasteiger charge is -2.43. The van der Waals surface area contributed by atoms with Gasteiger partial charge in [-0.15, -0.1) is 0 Å². The van der Waals surface area contributed by atoms with Gasteiger partial charge < -0.3 is 19.3 Å². The van der Waals surface area contributed by atoms with Crippen molar-refractivity contribution in [3.05, 3.63) is 59.7 Å². The average Bonchev–Trinajstić information content (AvgIpc) is 3.18. The molecule has 0 saturated carbocycles. The fraction of sp³-hybridized carbons (Fsp3) is 0.294. The largest absolute Gasteiger partial charge is 0.539 e. The summed E-state index contributed by atoms with van der Waals surface area (Å²) in [5.74, 6) is 2.72. The smallest absolute Gasteiger partial charge is 0.498 e. The van der Waals surface area contributed by atoms with Gasteiger partial charge in [0.2, 0.25) is 0 Å². The van der Waals surface area contributed by atoms with Crippen LogP contribution in [0.5, 0.6) is 5.75 Å². The van der Waals surface area contributed by atoms with Crippen LogP contribution in [-0.2, 0) is 0 Å². The highest BCUT2D eigenvalue weighted by Gasteiger charge is 2.58. The first-order valence-electron chi connectivity index (χ1n) is 8.00. The summed E-state index contributed by atoms with van der Waals surface area (Å²) in [6.07, 6.45) is 9.55. The summed E-state index contributed by atoms with van der Waals surface area (Å²) in [6.45, 7) is 0. The molecule has 1 fully saturated rings. The molecule has 0 spiro atoms. The van der Waals surface area contributed by atoms with Crippen LogP contribution >= 0.6 is 0 Å². The first-order valence-corrected chi connectivity index (χ1v) is 8.00. The zero-order chi connectivity index (χ0) is 14.4. The number of hydrogen-bond donors (Lipinski definition) is 0. The van der Waals surface area contributed by atoms with Crippen LogP contribution in [0.4, 0.5) is 5.69 Å². The lowest BCUT2D eigenvalue weighted by molar-refractivity contribution is 0.217. The van der Waals surface area contributed by atoms with Crippen LogP contribution in [0.3, 0.4) is 0 Å². The van der Waals surface area contributed by atoms with Gasteiger partial charge in [0.15, 0.2) is 0 Å². The summed E-state index contributed by atoms with van der Waals surface area (Å²) >= 11 is 0. The zero-order valence-electron chi connectivity index (χ0n) is 12.4. The van der Waals surface area contributed by atoms with E-state index in [9.17, 15) is 0 Å². The summed E-state index contributed by atoms with van der Waals surface area (Å²) in [6, 6.07) is 8.42. The van der Waals surface area contributed by atoms with E-state index in [4.69, 9.17) is 4.65 Å². The molecular formula is C17H16BN3O. The number of benzene rings is 1. The predicted molar refractivity (Wildman–Crippen MR) is 85.9 cm³/mol. The number of hydrogen-bond acceptors (Lipinski definition) is 4. The van der Waals surface area contributed by atoms with Crippen molar-refractivity contribution in [1.29, 1.82) is 0 Å². The Labute approximate surface area is 130 Å². The SMILES string of the molecule is CN1C=C2N3B(Oc4ccccc43)C3CC=CC4=C3N2C1C4. The molecule has 4 aliphatic heterocycles. The molecule has 1 aliphatic carbocycles. The summed E-state index contributed by atoms with van der Waals surface area (Å²) in [4.78, 5) is 7.30. The van der Waals surface area contributed by atoms with Crippen LogP contribution in [0.2, 0.25) is 5.82 Å². The van der Waals surface area contributed by atoms with Crippen molar-refractivity contribution in [3.63, 3.8) is 0 Å². The van der Waals surface area contributed by atoms with Crippen molar-refractivity contribution in [1.82, 2.24) is 9.80 Å². The van der Waals surface area contributed by atoms with E-state index < -0.39 is 0 Å². The molecule has 5 heteroatoms. The third-order valence-corrected chi connectivity index (χ3v) is 5.60. The van der Waals surface area contributed by atoms with Crippen LogP contribution in [0.1, 0.15) is 12.8 Å². The van der Waals surface area contributed by atoms with Crippen LogP contribution in [0, 0.1) is 0 Å². The maximum atomic E-state index is 6.36. The molecule has 4 heterocycles. The molecule has 22 heavy (non-hydrogen) atoms. The Morgan fingerprint density at radius 3 is 3.14 bits per heavy atom. The highest BCUT2D eigenvalue weighted by atomic mass is 16.5. The van der Waals surface area contributed by atoms with Gasteiger partial charge in [0.05, 0.1) is 5.69 Å². The van der Waals surface area contributed by atoms with Crippen LogP contribution in [0.25, 0.3) is 0 Å². The third-order valence-electron chi connectivity index (χ3n) is 5.60. The number of rotatable bonds is 0. The first kappa shape index (κ1) is 11.3. The number of fused-ring (bicyclic) bond motifs is 5. The van der Waals surface area contributed by atoms with E-state index in [1.54, 1.807) is 0 Å². The molecule has 0 radical (unpaired) electrons. The number of anilines is 1. The second-order valence-corrected chi connectivity index (χ2v) is 6.71. The molecule has 6 rings (SSSR count). The minimum Gasteiger partial charge on any atom is -0.539 e. The Kier molecular flexibility index (Phi) is 1.82. The van der Waals surface area contributed by atoms with Crippen LogP contribution < -0.4 is 9.47 Å². The van der Waals surface area contributed by atoms with Crippen molar-refractivity contribution in [2.75, 3.05) is 11.9 Å². The van der Waals surface area contributed by atoms with E-state index in [2.05, 4.69) is 64.3 Å². The molecule has 1 aromatic carbocycles. The molecule has 0 aromatic heterocycles. The second-order valence-electron chi connectivity index (χ2n) is 6.71. The van der Waals surface area contributed by atoms with Gasteiger partial charge in [-0.3, -0.25) is 0 Å². The molecule has 0 amide bonds. The molecule has 0 bridgehead atoms. The quantitative estimate of drug-likeness (QED) is 0.684. The Morgan fingerprint density at radius 1 is 1.27 bits per heavy atom. The highest BCUT2D eigenvalue weighted by Crippen LogP contribution is 2.56. The standard InChI is InChI=1S/C17H16BN3O/c1-19-10-16-20-15(19)9-11-5-4-6-12(17(11)20)18-21(16)13-7-2-3-8-14(13)22-18/h2-5,7-8,10,12,15H,6,9H2,1H3. The number of allylic oxidation sites excluding steroid dienone is 3. The van der Waals surface area contributed by atoms with Gasteiger partial charge in [0.1, 0.15) is 17.7 Å². The molecule has 0 N–H and O–H groups in total. The summed E-state index contributed by atoms with van der Waals surface area (Å²) in [5.41, 5.74) is 4.20. The van der Waals surface area contributed by atoms with Gasteiger partial charge in [0, 0.05) is 31.2 Å². The average molecular weight is 289 g/mol. The maximum Gasteiger partial charge on any atom is 0.498 e. The van der Waals surface area contributed by atoms with Crippen molar-refractivity contribution in [2.24, 2.45) is 0 Å². The van der Waals surface area contributed by atoms with Gasteiger partial charge in [0.25, 0.3) is 0 Å². The lowest BCUT2D eigenvalue weighted by atomic mass is 9.59. The van der Waals surface area contributed by atoms with Gasteiger partial charge in [-0.05, 0) is 24.1 Å². The fourth-order valence-corrected chi connectivity index (χ4v) is 4.70. The van der Waals surface area contributed by atoms with E-state index in [-0.39, 0.29) is 7.05 Å².